The molecule has 0 aliphatic rings. The first-order valence-corrected chi connectivity index (χ1v) is 12.5. The first-order chi connectivity index (χ1) is 17.0. The van der Waals surface area contributed by atoms with Crippen LogP contribution < -0.4 is 5.56 Å². The molecule has 0 radical (unpaired) electrons. The van der Waals surface area contributed by atoms with E-state index in [2.05, 4.69) is 6.92 Å². The molecule has 0 saturated heterocycles. The summed E-state index contributed by atoms with van der Waals surface area (Å²) in [6, 6.07) is 21.0. The fraction of sp³-hybridized carbons (Fsp3) is 0.250. The fourth-order valence-corrected chi connectivity index (χ4v) is 4.70. The van der Waals surface area contributed by atoms with Crippen molar-refractivity contribution in [2.24, 2.45) is 0 Å². The maximum absolute atomic E-state index is 13.8. The summed E-state index contributed by atoms with van der Waals surface area (Å²) in [5, 5.41) is 1.41. The zero-order chi connectivity index (χ0) is 24.9. The second kappa shape index (κ2) is 11.1. The number of para-hydroxylation sites is 1. The van der Waals surface area contributed by atoms with E-state index in [1.807, 2.05) is 31.2 Å². The van der Waals surface area contributed by atoms with Crippen molar-refractivity contribution in [1.29, 1.82) is 0 Å². The van der Waals surface area contributed by atoms with Crippen LogP contribution in [0.1, 0.15) is 55.3 Å². The van der Waals surface area contributed by atoms with Gasteiger partial charge in [0.2, 0.25) is 0 Å². The van der Waals surface area contributed by atoms with E-state index in [9.17, 15) is 9.59 Å². The van der Waals surface area contributed by atoms with Gasteiger partial charge in [-0.3, -0.25) is 14.2 Å². The quantitative estimate of drug-likeness (QED) is 0.255. The lowest BCUT2D eigenvalue weighted by molar-refractivity contribution is 0.0656. The van der Waals surface area contributed by atoms with Crippen molar-refractivity contribution >= 4 is 40.0 Å². The monoisotopic (exact) mass is 507 g/mol. The second-order valence-electron chi connectivity index (χ2n) is 8.36. The van der Waals surface area contributed by atoms with E-state index < -0.39 is 6.04 Å². The molecular formula is C28H27Cl2N3O2. The minimum atomic E-state index is -0.457. The lowest BCUT2D eigenvalue weighted by Crippen LogP contribution is -2.39. The first kappa shape index (κ1) is 25.0. The van der Waals surface area contributed by atoms with Crippen LogP contribution >= 0.6 is 23.2 Å². The molecule has 35 heavy (non-hydrogen) atoms. The molecule has 4 aromatic rings. The van der Waals surface area contributed by atoms with Crippen molar-refractivity contribution in [2.75, 3.05) is 6.54 Å². The number of carbonyl (C=O) groups excluding carboxylic acids is 1. The van der Waals surface area contributed by atoms with Crippen LogP contribution in [0, 0.1) is 0 Å². The Morgan fingerprint density at radius 1 is 1.00 bits per heavy atom. The summed E-state index contributed by atoms with van der Waals surface area (Å²) < 4.78 is 1.58. The van der Waals surface area contributed by atoms with Gasteiger partial charge in [-0.1, -0.05) is 73.8 Å². The van der Waals surface area contributed by atoms with Crippen LogP contribution in [0.3, 0.4) is 0 Å². The molecule has 5 nitrogen and oxygen atoms in total. The third-order valence-corrected chi connectivity index (χ3v) is 6.61. The molecule has 1 amide bonds. The predicted octanol–water partition coefficient (Wildman–Crippen LogP) is 7.09. The number of fused-ring (bicyclic) bond motifs is 1. The van der Waals surface area contributed by atoms with Gasteiger partial charge in [0.15, 0.2) is 0 Å². The minimum absolute atomic E-state index is 0.184. The maximum atomic E-state index is 13.8. The molecule has 0 fully saturated rings. The number of hydrogen-bond acceptors (Lipinski definition) is 3. The van der Waals surface area contributed by atoms with Crippen molar-refractivity contribution in [3.8, 4) is 5.69 Å². The molecule has 1 unspecified atom stereocenters. The van der Waals surface area contributed by atoms with Gasteiger partial charge in [0.1, 0.15) is 5.82 Å². The number of amides is 1. The van der Waals surface area contributed by atoms with Gasteiger partial charge in [0.25, 0.3) is 11.5 Å². The Labute approximate surface area is 214 Å². The number of hydrogen-bond donors (Lipinski definition) is 0. The van der Waals surface area contributed by atoms with Crippen molar-refractivity contribution in [3.05, 3.63) is 105 Å². The van der Waals surface area contributed by atoms with Crippen LogP contribution in [0.4, 0.5) is 0 Å². The largest absolute Gasteiger partial charge is 0.328 e. The SMILES string of the molecule is CCCCN(C(=O)c1ccccc1Cl)C(CC)c1nc2ccccc2c(=O)n1-c1cccc(Cl)c1. The van der Waals surface area contributed by atoms with Crippen molar-refractivity contribution in [3.63, 3.8) is 0 Å². The van der Waals surface area contributed by atoms with E-state index >= 15 is 0 Å². The van der Waals surface area contributed by atoms with Crippen molar-refractivity contribution < 1.29 is 4.79 Å². The van der Waals surface area contributed by atoms with Crippen molar-refractivity contribution in [1.82, 2.24) is 14.5 Å². The molecule has 0 bridgehead atoms. The van der Waals surface area contributed by atoms with Crippen LogP contribution in [-0.2, 0) is 0 Å². The highest BCUT2D eigenvalue weighted by Gasteiger charge is 2.30. The third-order valence-electron chi connectivity index (χ3n) is 6.05. The van der Waals surface area contributed by atoms with E-state index in [1.54, 1.807) is 58.0 Å². The number of benzene rings is 3. The summed E-state index contributed by atoms with van der Waals surface area (Å²) in [7, 11) is 0. The van der Waals surface area contributed by atoms with E-state index in [0.29, 0.717) is 51.0 Å². The summed E-state index contributed by atoms with van der Waals surface area (Å²) in [6.07, 6.45) is 2.28. The normalized spacial score (nSPS) is 12.0. The molecule has 0 aliphatic heterocycles. The summed E-state index contributed by atoms with van der Waals surface area (Å²) in [5.74, 6) is 0.311. The molecule has 0 N–H and O–H groups in total. The maximum Gasteiger partial charge on any atom is 0.266 e. The Hall–Kier alpha value is -3.15. The molecule has 7 heteroatoms. The number of halogens is 2. The van der Waals surface area contributed by atoms with Gasteiger partial charge in [0.05, 0.1) is 33.2 Å². The lowest BCUT2D eigenvalue weighted by Gasteiger charge is -2.32. The number of unbranched alkanes of at least 4 members (excludes halogenated alkanes) is 1. The zero-order valence-electron chi connectivity index (χ0n) is 19.7. The van der Waals surface area contributed by atoms with Gasteiger partial charge < -0.3 is 4.90 Å². The van der Waals surface area contributed by atoms with E-state index in [0.717, 1.165) is 12.8 Å². The Balaban J connectivity index is 1.96. The summed E-state index contributed by atoms with van der Waals surface area (Å²) in [4.78, 5) is 34.3. The first-order valence-electron chi connectivity index (χ1n) is 11.8. The molecule has 4 rings (SSSR count). The van der Waals surface area contributed by atoms with Crippen LogP contribution in [0.15, 0.2) is 77.6 Å². The molecule has 0 spiro atoms. The lowest BCUT2D eigenvalue weighted by atomic mass is 10.1. The van der Waals surface area contributed by atoms with Crippen LogP contribution in [0.5, 0.6) is 0 Å². The Bertz CT molecular complexity index is 1420. The number of nitrogens with zero attached hydrogens (tertiary/aromatic N) is 3. The fourth-order valence-electron chi connectivity index (χ4n) is 4.30. The third kappa shape index (κ3) is 5.12. The second-order valence-corrected chi connectivity index (χ2v) is 9.21. The van der Waals surface area contributed by atoms with E-state index in [-0.39, 0.29) is 11.5 Å². The predicted molar refractivity (Wildman–Crippen MR) is 143 cm³/mol. The minimum Gasteiger partial charge on any atom is -0.328 e. The van der Waals surface area contributed by atoms with E-state index in [4.69, 9.17) is 28.2 Å². The summed E-state index contributed by atoms with van der Waals surface area (Å²) >= 11 is 12.7. The zero-order valence-corrected chi connectivity index (χ0v) is 21.3. The Morgan fingerprint density at radius 3 is 2.46 bits per heavy atom. The van der Waals surface area contributed by atoms with Gasteiger partial charge in [0, 0.05) is 11.6 Å². The molecule has 0 saturated carbocycles. The highest BCUT2D eigenvalue weighted by Crippen LogP contribution is 2.30. The van der Waals surface area contributed by atoms with Crippen LogP contribution in [-0.4, -0.2) is 26.9 Å². The Kier molecular flexibility index (Phi) is 7.89. The van der Waals surface area contributed by atoms with Gasteiger partial charge in [-0.2, -0.15) is 0 Å². The smallest absolute Gasteiger partial charge is 0.266 e. The highest BCUT2D eigenvalue weighted by molar-refractivity contribution is 6.33. The number of rotatable bonds is 8. The summed E-state index contributed by atoms with van der Waals surface area (Å²) in [6.45, 7) is 4.58. The molecule has 3 aromatic carbocycles. The van der Waals surface area contributed by atoms with Crippen LogP contribution in [0.2, 0.25) is 10.0 Å². The Morgan fingerprint density at radius 2 is 1.74 bits per heavy atom. The van der Waals surface area contributed by atoms with Crippen molar-refractivity contribution in [2.45, 2.75) is 39.2 Å². The van der Waals surface area contributed by atoms with Gasteiger partial charge in [-0.05, 0) is 55.3 Å². The molecule has 180 valence electrons. The average molecular weight is 508 g/mol. The summed E-state index contributed by atoms with van der Waals surface area (Å²) in [5.41, 5.74) is 1.42. The van der Waals surface area contributed by atoms with Gasteiger partial charge in [-0.25, -0.2) is 4.98 Å². The average Bonchev–Trinajstić information content (AvgIpc) is 2.86. The highest BCUT2D eigenvalue weighted by atomic mass is 35.5. The molecule has 0 aliphatic carbocycles. The van der Waals surface area contributed by atoms with E-state index in [1.165, 1.54) is 0 Å². The van der Waals surface area contributed by atoms with Gasteiger partial charge >= 0.3 is 0 Å². The molecule has 1 aromatic heterocycles. The van der Waals surface area contributed by atoms with Crippen LogP contribution in [0.25, 0.3) is 16.6 Å². The number of aromatic nitrogens is 2. The topological polar surface area (TPSA) is 55.2 Å². The number of carbonyl (C=O) groups is 1. The van der Waals surface area contributed by atoms with Gasteiger partial charge in [-0.15, -0.1) is 0 Å². The molecule has 1 heterocycles. The molecule has 1 atom stereocenters. The standard InChI is InChI=1S/C28H27Cl2N3O2/c1-3-5-17-32(27(34)21-13-6-8-15-23(21)30)25(4-2)26-31-24-16-9-7-14-22(24)28(35)33(26)20-12-10-11-19(29)18-20/h6-16,18,25H,3-5,17H2,1-2H3. The molecular weight excluding hydrogens is 481 g/mol.